The Labute approximate surface area is 177 Å². The number of anilines is 1. The zero-order valence-corrected chi connectivity index (χ0v) is 18.5. The minimum atomic E-state index is -3.49. The summed E-state index contributed by atoms with van der Waals surface area (Å²) in [6.45, 7) is 4.19. The van der Waals surface area contributed by atoms with Crippen LogP contribution in [0.1, 0.15) is 25.3 Å². The second-order valence-electron chi connectivity index (χ2n) is 6.92. The Kier molecular flexibility index (Phi) is 8.34. The van der Waals surface area contributed by atoms with Gasteiger partial charge in [0.05, 0.1) is 18.0 Å². The maximum Gasteiger partial charge on any atom is 0.232 e. The minimum Gasteiger partial charge on any atom is -0.491 e. The van der Waals surface area contributed by atoms with Crippen LogP contribution in [0.3, 0.4) is 0 Å². The van der Waals surface area contributed by atoms with Gasteiger partial charge in [-0.25, -0.2) is 8.42 Å². The van der Waals surface area contributed by atoms with Crippen molar-refractivity contribution in [1.82, 2.24) is 5.32 Å². The van der Waals surface area contributed by atoms with Crippen LogP contribution in [0, 0.1) is 6.92 Å². The van der Waals surface area contributed by atoms with Crippen LogP contribution in [-0.4, -0.2) is 39.8 Å². The molecule has 1 atom stereocenters. The highest BCUT2D eigenvalue weighted by Gasteiger charge is 2.20. The molecular weight excluding hydrogens is 412 g/mol. The number of nitrogens with zero attached hydrogens (tertiary/aromatic N) is 1. The molecule has 0 aliphatic heterocycles. The van der Waals surface area contributed by atoms with Gasteiger partial charge in [-0.05, 0) is 50.1 Å². The maximum absolute atomic E-state index is 12.2. The Balaban J connectivity index is 1.85. The van der Waals surface area contributed by atoms with Crippen LogP contribution in [0.2, 0.25) is 5.02 Å². The van der Waals surface area contributed by atoms with E-state index in [9.17, 15) is 13.2 Å². The summed E-state index contributed by atoms with van der Waals surface area (Å²) >= 11 is 6.13. The van der Waals surface area contributed by atoms with Gasteiger partial charge in [0.15, 0.2) is 0 Å². The number of para-hydroxylation sites is 1. The van der Waals surface area contributed by atoms with E-state index in [-0.39, 0.29) is 24.9 Å². The molecule has 0 radical (unpaired) electrons. The van der Waals surface area contributed by atoms with Crippen LogP contribution in [-0.2, 0) is 14.8 Å². The fourth-order valence-corrected chi connectivity index (χ4v) is 4.03. The molecule has 0 aromatic heterocycles. The van der Waals surface area contributed by atoms with Gasteiger partial charge in [-0.3, -0.25) is 9.10 Å². The molecular formula is C21H27ClN2O4S. The molecule has 0 saturated heterocycles. The van der Waals surface area contributed by atoms with Crippen LogP contribution in [0.15, 0.2) is 48.5 Å². The van der Waals surface area contributed by atoms with Crippen molar-refractivity contribution in [2.24, 2.45) is 0 Å². The molecule has 0 spiro atoms. The summed E-state index contributed by atoms with van der Waals surface area (Å²) < 4.78 is 31.4. The molecule has 1 amide bonds. The van der Waals surface area contributed by atoms with E-state index >= 15 is 0 Å². The lowest BCUT2D eigenvalue weighted by atomic mass is 10.2. The third-order valence-electron chi connectivity index (χ3n) is 4.32. The lowest BCUT2D eigenvalue weighted by Gasteiger charge is -2.24. The van der Waals surface area contributed by atoms with Gasteiger partial charge >= 0.3 is 0 Å². The number of ether oxygens (including phenoxy) is 1. The summed E-state index contributed by atoms with van der Waals surface area (Å²) in [5, 5.41) is 3.37. The number of sulfonamides is 1. The van der Waals surface area contributed by atoms with Crippen molar-refractivity contribution < 1.29 is 17.9 Å². The molecule has 0 heterocycles. The monoisotopic (exact) mass is 438 g/mol. The minimum absolute atomic E-state index is 0.148. The lowest BCUT2D eigenvalue weighted by Crippen LogP contribution is -2.37. The molecule has 158 valence electrons. The van der Waals surface area contributed by atoms with E-state index < -0.39 is 10.0 Å². The quantitative estimate of drug-likeness (QED) is 0.612. The van der Waals surface area contributed by atoms with Gasteiger partial charge in [0, 0.05) is 18.0 Å². The Bertz CT molecular complexity index is 920. The first-order valence-electron chi connectivity index (χ1n) is 9.38. The van der Waals surface area contributed by atoms with Crippen molar-refractivity contribution in [3.8, 4) is 5.75 Å². The van der Waals surface area contributed by atoms with E-state index in [2.05, 4.69) is 5.32 Å². The summed E-state index contributed by atoms with van der Waals surface area (Å²) in [6.07, 6.45) is 1.74. The largest absolute Gasteiger partial charge is 0.491 e. The molecule has 29 heavy (non-hydrogen) atoms. The number of benzene rings is 2. The second-order valence-corrected chi connectivity index (χ2v) is 9.23. The average molecular weight is 439 g/mol. The number of amides is 1. The Morgan fingerprint density at radius 2 is 1.86 bits per heavy atom. The lowest BCUT2D eigenvalue weighted by molar-refractivity contribution is -0.121. The topological polar surface area (TPSA) is 75.7 Å². The van der Waals surface area contributed by atoms with E-state index in [0.717, 1.165) is 12.0 Å². The molecule has 1 N–H and O–H groups in total. The van der Waals surface area contributed by atoms with E-state index in [1.165, 1.54) is 4.31 Å². The normalized spacial score (nSPS) is 12.3. The van der Waals surface area contributed by atoms with Gasteiger partial charge in [-0.2, -0.15) is 0 Å². The van der Waals surface area contributed by atoms with Crippen molar-refractivity contribution in [2.75, 3.05) is 23.7 Å². The maximum atomic E-state index is 12.2. The Morgan fingerprint density at radius 3 is 2.52 bits per heavy atom. The summed E-state index contributed by atoms with van der Waals surface area (Å²) in [7, 11) is -3.49. The molecule has 0 fully saturated rings. The fraction of sp³-hybridized carbons (Fsp3) is 0.381. The predicted octanol–water partition coefficient (Wildman–Crippen LogP) is 3.78. The number of halogens is 1. The van der Waals surface area contributed by atoms with E-state index in [1.807, 2.05) is 37.3 Å². The molecule has 6 nitrogen and oxygen atoms in total. The fourth-order valence-electron chi connectivity index (χ4n) is 2.84. The van der Waals surface area contributed by atoms with Gasteiger partial charge < -0.3 is 10.1 Å². The zero-order chi connectivity index (χ0) is 21.4. The molecule has 8 heteroatoms. The molecule has 0 aliphatic carbocycles. The highest BCUT2D eigenvalue weighted by atomic mass is 35.5. The van der Waals surface area contributed by atoms with E-state index in [4.69, 9.17) is 16.3 Å². The van der Waals surface area contributed by atoms with Crippen LogP contribution in [0.25, 0.3) is 0 Å². The molecule has 2 rings (SSSR count). The van der Waals surface area contributed by atoms with Crippen LogP contribution < -0.4 is 14.4 Å². The number of hydrogen-bond acceptors (Lipinski definition) is 4. The summed E-state index contributed by atoms with van der Waals surface area (Å²) in [5.74, 6) is 0.597. The van der Waals surface area contributed by atoms with Gasteiger partial charge in [-0.1, -0.05) is 35.9 Å². The van der Waals surface area contributed by atoms with E-state index in [1.54, 1.807) is 25.1 Å². The first kappa shape index (κ1) is 23.0. The highest BCUT2D eigenvalue weighted by Crippen LogP contribution is 2.28. The third-order valence-corrected chi connectivity index (χ3v) is 5.91. The molecule has 0 saturated carbocycles. The molecule has 0 aliphatic rings. The number of carbonyl (C=O) groups excluding carboxylic acids is 1. The number of hydrogen-bond donors (Lipinski definition) is 1. The number of rotatable bonds is 10. The van der Waals surface area contributed by atoms with Crippen LogP contribution >= 0.6 is 11.6 Å². The number of nitrogens with one attached hydrogen (secondary N) is 1. The van der Waals surface area contributed by atoms with E-state index in [0.29, 0.717) is 29.3 Å². The Morgan fingerprint density at radius 1 is 1.17 bits per heavy atom. The molecule has 0 unspecified atom stereocenters. The highest BCUT2D eigenvalue weighted by molar-refractivity contribution is 7.92. The predicted molar refractivity (Wildman–Crippen MR) is 117 cm³/mol. The van der Waals surface area contributed by atoms with Crippen molar-refractivity contribution in [1.29, 1.82) is 0 Å². The Hall–Kier alpha value is -2.25. The summed E-state index contributed by atoms with van der Waals surface area (Å²) in [6, 6.07) is 14.4. The standard InChI is InChI=1S/C21H27ClN2O4S/c1-16(15-28-18-9-5-4-6-10-18)23-21(25)13-8-14-24(29(3,26)27)20-12-7-11-19(22)17(20)2/h4-7,9-12,16H,8,13-15H2,1-3H3,(H,23,25)/t16-/m0/s1. The first-order valence-corrected chi connectivity index (χ1v) is 11.6. The van der Waals surface area contributed by atoms with Crippen molar-refractivity contribution in [3.05, 3.63) is 59.1 Å². The van der Waals surface area contributed by atoms with Gasteiger partial charge in [-0.15, -0.1) is 0 Å². The van der Waals surface area contributed by atoms with Crippen molar-refractivity contribution >= 4 is 33.2 Å². The summed E-state index contributed by atoms with van der Waals surface area (Å²) in [4.78, 5) is 12.2. The second kappa shape index (κ2) is 10.5. The van der Waals surface area contributed by atoms with Crippen LogP contribution in [0.5, 0.6) is 5.75 Å². The van der Waals surface area contributed by atoms with Gasteiger partial charge in [0.25, 0.3) is 0 Å². The summed E-state index contributed by atoms with van der Waals surface area (Å²) in [5.41, 5.74) is 1.22. The van der Waals surface area contributed by atoms with Crippen molar-refractivity contribution in [2.45, 2.75) is 32.7 Å². The molecule has 2 aromatic rings. The average Bonchev–Trinajstić information content (AvgIpc) is 2.66. The zero-order valence-electron chi connectivity index (χ0n) is 16.9. The van der Waals surface area contributed by atoms with Crippen LogP contribution in [0.4, 0.5) is 5.69 Å². The van der Waals surface area contributed by atoms with Crippen molar-refractivity contribution in [3.63, 3.8) is 0 Å². The molecule has 0 bridgehead atoms. The third kappa shape index (κ3) is 7.25. The molecule has 2 aromatic carbocycles. The van der Waals surface area contributed by atoms with Gasteiger partial charge in [0.1, 0.15) is 12.4 Å². The first-order chi connectivity index (χ1) is 13.7. The SMILES string of the molecule is Cc1c(Cl)cccc1N(CCCC(=O)N[C@@H](C)COc1ccccc1)S(C)(=O)=O. The smallest absolute Gasteiger partial charge is 0.232 e. The van der Waals surface area contributed by atoms with Gasteiger partial charge in [0.2, 0.25) is 15.9 Å². The number of carbonyl (C=O) groups is 1.